The molecule has 0 radical (unpaired) electrons. The smallest absolute Gasteiger partial charge is 0.110 e. The van der Waals surface area contributed by atoms with Gasteiger partial charge in [-0.25, -0.2) is 4.98 Å². The fourth-order valence-electron chi connectivity index (χ4n) is 4.60. The average Bonchev–Trinajstić information content (AvgIpc) is 3.15. The molecular weight excluding hydrogens is 246 g/mol. The summed E-state index contributed by atoms with van der Waals surface area (Å²) in [4.78, 5) is 4.61. The molecule has 0 aliphatic heterocycles. The van der Waals surface area contributed by atoms with Gasteiger partial charge in [0.25, 0.3) is 0 Å². The predicted octanol–water partition coefficient (Wildman–Crippen LogP) is 3.25. The van der Waals surface area contributed by atoms with E-state index in [-0.39, 0.29) is 0 Å². The van der Waals surface area contributed by atoms with E-state index in [1.807, 2.05) is 6.20 Å². The molecule has 2 saturated carbocycles. The van der Waals surface area contributed by atoms with Gasteiger partial charge in [0.15, 0.2) is 0 Å². The van der Waals surface area contributed by atoms with Gasteiger partial charge >= 0.3 is 0 Å². The largest absolute Gasteiger partial charge is 0.335 e. The summed E-state index contributed by atoms with van der Waals surface area (Å²) in [7, 11) is 0. The summed E-state index contributed by atoms with van der Waals surface area (Å²) >= 11 is 0. The number of rotatable bonds is 7. The van der Waals surface area contributed by atoms with Gasteiger partial charge in [-0.1, -0.05) is 20.3 Å². The van der Waals surface area contributed by atoms with Gasteiger partial charge in [0, 0.05) is 31.4 Å². The van der Waals surface area contributed by atoms with Crippen LogP contribution in [0.5, 0.6) is 0 Å². The van der Waals surface area contributed by atoms with Crippen molar-refractivity contribution in [1.82, 2.24) is 14.9 Å². The van der Waals surface area contributed by atoms with Crippen molar-refractivity contribution in [3.8, 4) is 0 Å². The molecular formula is C17H29N3. The first-order valence-electron chi connectivity index (χ1n) is 8.55. The number of aromatic nitrogens is 2. The van der Waals surface area contributed by atoms with Gasteiger partial charge in [-0.15, -0.1) is 0 Å². The van der Waals surface area contributed by atoms with E-state index in [1.165, 1.54) is 37.9 Å². The highest BCUT2D eigenvalue weighted by atomic mass is 15.1. The van der Waals surface area contributed by atoms with Crippen molar-refractivity contribution in [2.75, 3.05) is 6.54 Å². The topological polar surface area (TPSA) is 29.9 Å². The van der Waals surface area contributed by atoms with E-state index in [2.05, 4.69) is 34.9 Å². The molecule has 20 heavy (non-hydrogen) atoms. The summed E-state index contributed by atoms with van der Waals surface area (Å²) in [6.45, 7) is 6.65. The Morgan fingerprint density at radius 2 is 2.25 bits per heavy atom. The van der Waals surface area contributed by atoms with E-state index in [4.69, 9.17) is 0 Å². The molecule has 4 unspecified atom stereocenters. The summed E-state index contributed by atoms with van der Waals surface area (Å²) in [5.41, 5.74) is 0. The van der Waals surface area contributed by atoms with Crippen LogP contribution in [0.3, 0.4) is 0 Å². The summed E-state index contributed by atoms with van der Waals surface area (Å²) in [6.07, 6.45) is 12.3. The van der Waals surface area contributed by atoms with Crippen LogP contribution >= 0.6 is 0 Å². The summed E-state index contributed by atoms with van der Waals surface area (Å²) in [5.74, 6) is 4.18. The second-order valence-corrected chi connectivity index (χ2v) is 6.74. The van der Waals surface area contributed by atoms with Gasteiger partial charge in [-0.2, -0.15) is 0 Å². The maximum Gasteiger partial charge on any atom is 0.110 e. The molecule has 4 atom stereocenters. The van der Waals surface area contributed by atoms with Gasteiger partial charge < -0.3 is 9.88 Å². The van der Waals surface area contributed by atoms with E-state index in [0.29, 0.717) is 6.04 Å². The SMILES string of the molecule is CCCn1ccnc1CC(NCC)C1CC2CCC1C2. The van der Waals surface area contributed by atoms with Gasteiger partial charge in [0.1, 0.15) is 5.82 Å². The van der Waals surface area contributed by atoms with Gasteiger partial charge in [-0.3, -0.25) is 0 Å². The number of nitrogens with zero attached hydrogens (tertiary/aromatic N) is 2. The van der Waals surface area contributed by atoms with Crippen molar-refractivity contribution >= 4 is 0 Å². The third-order valence-corrected chi connectivity index (χ3v) is 5.44. The van der Waals surface area contributed by atoms with Gasteiger partial charge in [0.05, 0.1) is 0 Å². The maximum atomic E-state index is 4.61. The normalized spacial score (nSPS) is 30.0. The Bertz CT molecular complexity index is 426. The summed E-state index contributed by atoms with van der Waals surface area (Å²) < 4.78 is 2.34. The van der Waals surface area contributed by atoms with Crippen LogP contribution in [0.15, 0.2) is 12.4 Å². The fourth-order valence-corrected chi connectivity index (χ4v) is 4.60. The minimum absolute atomic E-state index is 0.633. The Morgan fingerprint density at radius 1 is 1.35 bits per heavy atom. The third kappa shape index (κ3) is 2.78. The standard InChI is InChI=1S/C17H29N3/c1-3-8-20-9-7-19-17(20)12-16(18-4-2)15-11-13-5-6-14(15)10-13/h7,9,13-16,18H,3-6,8,10-12H2,1-2H3. The second-order valence-electron chi connectivity index (χ2n) is 6.74. The first kappa shape index (κ1) is 14.1. The molecule has 1 N–H and O–H groups in total. The summed E-state index contributed by atoms with van der Waals surface area (Å²) in [5, 5.41) is 3.76. The van der Waals surface area contributed by atoms with E-state index in [9.17, 15) is 0 Å². The number of hydrogen-bond acceptors (Lipinski definition) is 2. The first-order valence-corrected chi connectivity index (χ1v) is 8.55. The second kappa shape index (κ2) is 6.30. The molecule has 2 fully saturated rings. The first-order chi connectivity index (χ1) is 9.81. The molecule has 0 amide bonds. The van der Waals surface area contributed by atoms with E-state index in [0.717, 1.165) is 37.3 Å². The van der Waals surface area contributed by atoms with Crippen molar-refractivity contribution in [2.24, 2.45) is 17.8 Å². The molecule has 0 aromatic carbocycles. The lowest BCUT2D eigenvalue weighted by Crippen LogP contribution is -2.41. The van der Waals surface area contributed by atoms with E-state index < -0.39 is 0 Å². The molecule has 0 spiro atoms. The molecule has 1 aromatic heterocycles. The molecule has 3 heteroatoms. The van der Waals surface area contributed by atoms with Gasteiger partial charge in [-0.05, 0) is 50.0 Å². The van der Waals surface area contributed by atoms with Crippen LogP contribution in [0.25, 0.3) is 0 Å². The lowest BCUT2D eigenvalue weighted by molar-refractivity contribution is 0.245. The lowest BCUT2D eigenvalue weighted by atomic mass is 9.82. The molecule has 1 aromatic rings. The minimum Gasteiger partial charge on any atom is -0.335 e. The van der Waals surface area contributed by atoms with Crippen molar-refractivity contribution in [3.63, 3.8) is 0 Å². The zero-order valence-electron chi connectivity index (χ0n) is 13.0. The van der Waals surface area contributed by atoms with Crippen molar-refractivity contribution in [2.45, 2.75) is 65.0 Å². The number of fused-ring (bicyclic) bond motifs is 2. The van der Waals surface area contributed by atoms with E-state index in [1.54, 1.807) is 0 Å². The zero-order valence-corrected chi connectivity index (χ0v) is 13.0. The highest BCUT2D eigenvalue weighted by Gasteiger charge is 2.42. The fraction of sp³-hybridized carbons (Fsp3) is 0.824. The Labute approximate surface area is 123 Å². The molecule has 112 valence electrons. The summed E-state index contributed by atoms with van der Waals surface area (Å²) in [6, 6.07) is 0.633. The molecule has 0 saturated heterocycles. The molecule has 3 rings (SSSR count). The molecule has 2 aliphatic carbocycles. The molecule has 2 aliphatic rings. The van der Waals surface area contributed by atoms with Crippen LogP contribution in [0.1, 0.15) is 51.8 Å². The molecule has 2 bridgehead atoms. The van der Waals surface area contributed by atoms with Crippen molar-refractivity contribution < 1.29 is 0 Å². The number of aryl methyl sites for hydroxylation is 1. The third-order valence-electron chi connectivity index (χ3n) is 5.44. The predicted molar refractivity (Wildman–Crippen MR) is 82.6 cm³/mol. The average molecular weight is 275 g/mol. The van der Waals surface area contributed by atoms with Crippen LogP contribution in [0.4, 0.5) is 0 Å². The number of imidazole rings is 1. The van der Waals surface area contributed by atoms with Crippen LogP contribution < -0.4 is 5.32 Å². The zero-order chi connectivity index (χ0) is 13.9. The molecule has 1 heterocycles. The highest BCUT2D eigenvalue weighted by Crippen LogP contribution is 2.49. The lowest BCUT2D eigenvalue weighted by Gasteiger charge is -2.31. The van der Waals surface area contributed by atoms with Crippen LogP contribution in [-0.4, -0.2) is 22.1 Å². The van der Waals surface area contributed by atoms with Crippen LogP contribution in [-0.2, 0) is 13.0 Å². The Morgan fingerprint density at radius 3 is 2.90 bits per heavy atom. The Hall–Kier alpha value is -0.830. The van der Waals surface area contributed by atoms with E-state index >= 15 is 0 Å². The monoisotopic (exact) mass is 275 g/mol. The van der Waals surface area contributed by atoms with Crippen LogP contribution in [0.2, 0.25) is 0 Å². The number of hydrogen-bond donors (Lipinski definition) is 1. The Balaban J connectivity index is 1.69. The van der Waals surface area contributed by atoms with Gasteiger partial charge in [0.2, 0.25) is 0 Å². The maximum absolute atomic E-state index is 4.61. The Kier molecular flexibility index (Phi) is 4.45. The number of likely N-dealkylation sites (N-methyl/N-ethyl adjacent to an activating group) is 1. The van der Waals surface area contributed by atoms with Crippen molar-refractivity contribution in [1.29, 1.82) is 0 Å². The highest BCUT2D eigenvalue weighted by molar-refractivity contribution is 5.01. The van der Waals surface area contributed by atoms with Crippen molar-refractivity contribution in [3.05, 3.63) is 18.2 Å². The number of nitrogens with one attached hydrogen (secondary N) is 1. The minimum atomic E-state index is 0.633. The quantitative estimate of drug-likeness (QED) is 0.828. The molecule has 3 nitrogen and oxygen atoms in total. The van der Waals surface area contributed by atoms with Crippen LogP contribution in [0, 0.1) is 17.8 Å².